The van der Waals surface area contributed by atoms with Gasteiger partial charge in [0.15, 0.2) is 0 Å². The van der Waals surface area contributed by atoms with E-state index < -0.39 is 0 Å². The maximum atomic E-state index is 4.40. The van der Waals surface area contributed by atoms with Crippen molar-refractivity contribution >= 4 is 6.21 Å². The molecular formula is C10H15N3. The SMILES string of the molecule is C(=NN1CCCCC1)c1ccc[nH]1. The van der Waals surface area contributed by atoms with Gasteiger partial charge in [-0.05, 0) is 31.4 Å². The van der Waals surface area contributed by atoms with Crippen LogP contribution in [0, 0.1) is 0 Å². The molecule has 13 heavy (non-hydrogen) atoms. The number of rotatable bonds is 2. The smallest absolute Gasteiger partial charge is 0.0705 e. The molecule has 0 spiro atoms. The molecule has 1 aromatic heterocycles. The second-order valence-electron chi connectivity index (χ2n) is 3.38. The lowest BCUT2D eigenvalue weighted by atomic mass is 10.2. The van der Waals surface area contributed by atoms with Crippen LogP contribution in [0.1, 0.15) is 25.0 Å². The maximum absolute atomic E-state index is 4.40. The van der Waals surface area contributed by atoms with E-state index >= 15 is 0 Å². The van der Waals surface area contributed by atoms with Gasteiger partial charge in [-0.3, -0.25) is 5.01 Å². The van der Waals surface area contributed by atoms with E-state index in [1.165, 1.54) is 19.3 Å². The van der Waals surface area contributed by atoms with Crippen LogP contribution in [-0.4, -0.2) is 29.3 Å². The van der Waals surface area contributed by atoms with E-state index in [0.717, 1.165) is 18.8 Å². The van der Waals surface area contributed by atoms with E-state index in [2.05, 4.69) is 15.1 Å². The number of hydrogen-bond donors (Lipinski definition) is 1. The Balaban J connectivity index is 1.89. The van der Waals surface area contributed by atoms with Crippen molar-refractivity contribution in [3.63, 3.8) is 0 Å². The fourth-order valence-electron chi connectivity index (χ4n) is 1.56. The molecule has 0 unspecified atom stereocenters. The summed E-state index contributed by atoms with van der Waals surface area (Å²) >= 11 is 0. The molecule has 1 aromatic rings. The number of hydrogen-bond acceptors (Lipinski definition) is 2. The Bertz CT molecular complexity index is 258. The Morgan fingerprint density at radius 3 is 2.85 bits per heavy atom. The summed E-state index contributed by atoms with van der Waals surface area (Å²) in [5.41, 5.74) is 1.07. The lowest BCUT2D eigenvalue weighted by Gasteiger charge is -2.23. The molecule has 0 aromatic carbocycles. The molecule has 1 fully saturated rings. The molecule has 0 atom stereocenters. The third-order valence-corrected chi connectivity index (χ3v) is 2.31. The van der Waals surface area contributed by atoms with E-state index in [4.69, 9.17) is 0 Å². The van der Waals surface area contributed by atoms with Crippen LogP contribution < -0.4 is 0 Å². The minimum atomic E-state index is 1.07. The van der Waals surface area contributed by atoms with Crippen molar-refractivity contribution in [1.29, 1.82) is 0 Å². The minimum Gasteiger partial charge on any atom is -0.360 e. The summed E-state index contributed by atoms with van der Waals surface area (Å²) in [7, 11) is 0. The zero-order valence-corrected chi connectivity index (χ0v) is 7.74. The molecule has 2 rings (SSSR count). The van der Waals surface area contributed by atoms with Gasteiger partial charge in [0.25, 0.3) is 0 Å². The molecule has 0 aliphatic carbocycles. The quantitative estimate of drug-likeness (QED) is 0.687. The van der Waals surface area contributed by atoms with Crippen LogP contribution in [0.4, 0.5) is 0 Å². The molecule has 0 bridgehead atoms. The van der Waals surface area contributed by atoms with Crippen LogP contribution in [0.3, 0.4) is 0 Å². The summed E-state index contributed by atoms with van der Waals surface area (Å²) in [6, 6.07) is 4.00. The molecule has 1 aliphatic heterocycles. The van der Waals surface area contributed by atoms with Crippen LogP contribution >= 0.6 is 0 Å². The van der Waals surface area contributed by atoms with E-state index in [-0.39, 0.29) is 0 Å². The first-order valence-electron chi connectivity index (χ1n) is 4.87. The van der Waals surface area contributed by atoms with Crippen molar-refractivity contribution in [1.82, 2.24) is 9.99 Å². The Kier molecular flexibility index (Phi) is 2.65. The van der Waals surface area contributed by atoms with Gasteiger partial charge < -0.3 is 4.98 Å². The summed E-state index contributed by atoms with van der Waals surface area (Å²) in [5.74, 6) is 0. The number of piperidine rings is 1. The molecular weight excluding hydrogens is 162 g/mol. The van der Waals surface area contributed by atoms with Crippen molar-refractivity contribution in [2.45, 2.75) is 19.3 Å². The molecule has 1 saturated heterocycles. The van der Waals surface area contributed by atoms with Crippen LogP contribution in [-0.2, 0) is 0 Å². The molecule has 3 heteroatoms. The molecule has 0 amide bonds. The monoisotopic (exact) mass is 177 g/mol. The average Bonchev–Trinajstić information content (AvgIpc) is 2.69. The third-order valence-electron chi connectivity index (χ3n) is 2.31. The third kappa shape index (κ3) is 2.34. The molecule has 1 aliphatic rings. The van der Waals surface area contributed by atoms with Crippen LogP contribution in [0.25, 0.3) is 0 Å². The second-order valence-corrected chi connectivity index (χ2v) is 3.38. The van der Waals surface area contributed by atoms with Gasteiger partial charge in [0.05, 0.1) is 11.9 Å². The maximum Gasteiger partial charge on any atom is 0.0705 e. The van der Waals surface area contributed by atoms with Crippen molar-refractivity contribution in [3.8, 4) is 0 Å². The standard InChI is InChI=1S/C10H15N3/c1-2-7-13(8-3-1)12-9-10-5-4-6-11-10/h4-6,9,11H,1-3,7-8H2. The number of nitrogens with one attached hydrogen (secondary N) is 1. The van der Waals surface area contributed by atoms with Gasteiger partial charge in [-0.2, -0.15) is 5.10 Å². The fourth-order valence-corrected chi connectivity index (χ4v) is 1.56. The number of hydrazone groups is 1. The Morgan fingerprint density at radius 2 is 2.15 bits per heavy atom. The van der Waals surface area contributed by atoms with Crippen molar-refractivity contribution in [2.75, 3.05) is 13.1 Å². The van der Waals surface area contributed by atoms with E-state index in [1.54, 1.807) is 0 Å². The second kappa shape index (κ2) is 4.12. The highest BCUT2D eigenvalue weighted by molar-refractivity contribution is 5.76. The van der Waals surface area contributed by atoms with Crippen molar-refractivity contribution in [3.05, 3.63) is 24.0 Å². The van der Waals surface area contributed by atoms with Crippen LogP contribution in [0.15, 0.2) is 23.4 Å². The summed E-state index contributed by atoms with van der Waals surface area (Å²) in [6.07, 6.45) is 7.72. The summed E-state index contributed by atoms with van der Waals surface area (Å²) < 4.78 is 0. The van der Waals surface area contributed by atoms with Gasteiger partial charge in [-0.15, -0.1) is 0 Å². The summed E-state index contributed by atoms with van der Waals surface area (Å²) in [6.45, 7) is 2.22. The predicted molar refractivity (Wildman–Crippen MR) is 53.8 cm³/mol. The van der Waals surface area contributed by atoms with Gasteiger partial charge in [0, 0.05) is 19.3 Å². The molecule has 70 valence electrons. The average molecular weight is 177 g/mol. The molecule has 2 heterocycles. The zero-order valence-electron chi connectivity index (χ0n) is 7.74. The first-order valence-corrected chi connectivity index (χ1v) is 4.87. The highest BCUT2D eigenvalue weighted by Gasteiger charge is 2.05. The number of aromatic amines is 1. The number of H-pyrrole nitrogens is 1. The number of aromatic nitrogens is 1. The van der Waals surface area contributed by atoms with Crippen molar-refractivity contribution < 1.29 is 0 Å². The molecule has 3 nitrogen and oxygen atoms in total. The van der Waals surface area contributed by atoms with Crippen LogP contribution in [0.2, 0.25) is 0 Å². The van der Waals surface area contributed by atoms with Gasteiger partial charge in [0.2, 0.25) is 0 Å². The van der Waals surface area contributed by atoms with Crippen molar-refractivity contribution in [2.24, 2.45) is 5.10 Å². The minimum absolute atomic E-state index is 1.07. The highest BCUT2D eigenvalue weighted by atomic mass is 15.4. The largest absolute Gasteiger partial charge is 0.360 e. The predicted octanol–water partition coefficient (Wildman–Crippen LogP) is 1.83. The lowest BCUT2D eigenvalue weighted by molar-refractivity contribution is 0.240. The Hall–Kier alpha value is -1.25. The molecule has 0 saturated carbocycles. The summed E-state index contributed by atoms with van der Waals surface area (Å²) in [4.78, 5) is 3.10. The Morgan fingerprint density at radius 1 is 1.31 bits per heavy atom. The van der Waals surface area contributed by atoms with Crippen LogP contribution in [0.5, 0.6) is 0 Å². The highest BCUT2D eigenvalue weighted by Crippen LogP contribution is 2.08. The van der Waals surface area contributed by atoms with E-state index in [1.807, 2.05) is 24.5 Å². The normalized spacial score (nSPS) is 18.3. The molecule has 1 N–H and O–H groups in total. The topological polar surface area (TPSA) is 31.4 Å². The van der Waals surface area contributed by atoms with Gasteiger partial charge in [-0.1, -0.05) is 0 Å². The van der Waals surface area contributed by atoms with E-state index in [9.17, 15) is 0 Å². The first kappa shape index (κ1) is 8.35. The zero-order chi connectivity index (χ0) is 8.93. The molecule has 0 radical (unpaired) electrons. The van der Waals surface area contributed by atoms with Gasteiger partial charge in [0.1, 0.15) is 0 Å². The first-order chi connectivity index (χ1) is 6.45. The Labute approximate surface area is 78.4 Å². The van der Waals surface area contributed by atoms with E-state index in [0.29, 0.717) is 0 Å². The van der Waals surface area contributed by atoms with Gasteiger partial charge in [-0.25, -0.2) is 0 Å². The number of nitrogens with zero attached hydrogens (tertiary/aromatic N) is 2. The fraction of sp³-hybridized carbons (Fsp3) is 0.500. The lowest BCUT2D eigenvalue weighted by Crippen LogP contribution is -2.24. The van der Waals surface area contributed by atoms with Gasteiger partial charge >= 0.3 is 0 Å². The summed E-state index contributed by atoms with van der Waals surface area (Å²) in [5, 5.41) is 6.55.